The summed E-state index contributed by atoms with van der Waals surface area (Å²) in [5.41, 5.74) is 5.34. The monoisotopic (exact) mass is 516 g/mol. The Morgan fingerprint density at radius 3 is 1.47 bits per heavy atom. The highest BCUT2D eigenvalue weighted by atomic mass is 16.5. The van der Waals surface area contributed by atoms with E-state index in [1.54, 1.807) is 0 Å². The molecule has 0 bridgehead atoms. The number of unbranched alkanes of at least 4 members (excludes halogenated alkanes) is 13. The van der Waals surface area contributed by atoms with Gasteiger partial charge in [-0.1, -0.05) is 84.5 Å². The SMILES string of the molecule is CCCCCCCCOC(=O)CCCCCNC(=O)O.CCCCCCCCOC(=O)CCCCN. The fourth-order valence-electron chi connectivity index (χ4n) is 3.46. The van der Waals surface area contributed by atoms with Crippen LogP contribution in [0.4, 0.5) is 4.79 Å². The lowest BCUT2D eigenvalue weighted by molar-refractivity contribution is -0.144. The van der Waals surface area contributed by atoms with Crippen LogP contribution in [-0.2, 0) is 19.1 Å². The number of nitrogens with one attached hydrogen (secondary N) is 1. The molecule has 0 aliphatic carbocycles. The molecule has 8 nitrogen and oxygen atoms in total. The van der Waals surface area contributed by atoms with E-state index in [1.807, 2.05) is 0 Å². The van der Waals surface area contributed by atoms with E-state index in [9.17, 15) is 14.4 Å². The summed E-state index contributed by atoms with van der Waals surface area (Å²) in [7, 11) is 0. The maximum absolute atomic E-state index is 11.4. The summed E-state index contributed by atoms with van der Waals surface area (Å²) in [6.07, 6.45) is 18.5. The second-order valence-electron chi connectivity index (χ2n) is 9.26. The van der Waals surface area contributed by atoms with Crippen LogP contribution in [0.2, 0.25) is 0 Å². The van der Waals surface area contributed by atoms with E-state index < -0.39 is 6.09 Å². The Bertz CT molecular complexity index is 502. The van der Waals surface area contributed by atoms with Crippen molar-refractivity contribution in [1.29, 1.82) is 0 Å². The van der Waals surface area contributed by atoms with Crippen LogP contribution in [-0.4, -0.2) is 49.4 Å². The number of amides is 1. The zero-order chi connectivity index (χ0) is 27.1. The van der Waals surface area contributed by atoms with E-state index in [0.29, 0.717) is 39.1 Å². The topological polar surface area (TPSA) is 128 Å². The second kappa shape index (κ2) is 31.2. The minimum atomic E-state index is -0.997. The fourth-order valence-corrected chi connectivity index (χ4v) is 3.46. The summed E-state index contributed by atoms with van der Waals surface area (Å²) < 4.78 is 10.3. The lowest BCUT2D eigenvalue weighted by Crippen LogP contribution is -2.21. The Morgan fingerprint density at radius 1 is 0.611 bits per heavy atom. The molecule has 0 heterocycles. The summed E-state index contributed by atoms with van der Waals surface area (Å²) in [5.74, 6) is -0.202. The number of carboxylic acid groups (broad SMARTS) is 1. The number of carbonyl (C=O) groups excluding carboxylic acids is 2. The third-order valence-corrected chi connectivity index (χ3v) is 5.69. The molecule has 8 heteroatoms. The van der Waals surface area contributed by atoms with Gasteiger partial charge in [-0.2, -0.15) is 0 Å². The Morgan fingerprint density at radius 2 is 1.03 bits per heavy atom. The van der Waals surface area contributed by atoms with Crippen LogP contribution in [0.15, 0.2) is 0 Å². The molecule has 36 heavy (non-hydrogen) atoms. The first-order valence-electron chi connectivity index (χ1n) is 14.5. The molecular formula is C28H56N2O6. The maximum atomic E-state index is 11.4. The van der Waals surface area contributed by atoms with Crippen molar-refractivity contribution in [2.45, 2.75) is 136 Å². The minimum absolute atomic E-state index is 0.0676. The molecule has 0 aliphatic rings. The predicted octanol–water partition coefficient (Wildman–Crippen LogP) is 6.74. The van der Waals surface area contributed by atoms with Crippen molar-refractivity contribution in [1.82, 2.24) is 5.32 Å². The summed E-state index contributed by atoms with van der Waals surface area (Å²) in [6, 6.07) is 0. The molecule has 0 unspecified atom stereocenters. The fraction of sp³-hybridized carbons (Fsp3) is 0.893. The standard InChI is InChI=1S/C15H29NO4.C13H27NO2/c1-2-3-4-5-6-10-13-20-14(17)11-8-7-9-12-16-15(18)19;1-2-3-4-5-6-9-12-16-13(15)10-7-8-11-14/h16H,2-13H2,1H3,(H,18,19);2-12,14H2,1H3. The van der Waals surface area contributed by atoms with Gasteiger partial charge in [-0.3, -0.25) is 9.59 Å². The molecule has 0 atom stereocenters. The van der Waals surface area contributed by atoms with Gasteiger partial charge in [0.05, 0.1) is 13.2 Å². The number of rotatable bonds is 24. The van der Waals surface area contributed by atoms with Gasteiger partial charge in [-0.25, -0.2) is 4.79 Å². The van der Waals surface area contributed by atoms with Crippen molar-refractivity contribution in [3.63, 3.8) is 0 Å². The van der Waals surface area contributed by atoms with Gasteiger partial charge in [-0.05, 0) is 45.1 Å². The molecule has 0 rings (SSSR count). The van der Waals surface area contributed by atoms with E-state index in [1.165, 1.54) is 57.8 Å². The van der Waals surface area contributed by atoms with Crippen LogP contribution in [0.25, 0.3) is 0 Å². The summed E-state index contributed by atoms with van der Waals surface area (Å²) in [4.78, 5) is 32.8. The highest BCUT2D eigenvalue weighted by Gasteiger charge is 2.03. The quantitative estimate of drug-likeness (QED) is 0.0957. The molecule has 0 aromatic rings. The van der Waals surface area contributed by atoms with Crippen molar-refractivity contribution in [3.05, 3.63) is 0 Å². The minimum Gasteiger partial charge on any atom is -0.466 e. The average molecular weight is 517 g/mol. The number of carbonyl (C=O) groups is 3. The summed E-state index contributed by atoms with van der Waals surface area (Å²) >= 11 is 0. The zero-order valence-electron chi connectivity index (χ0n) is 23.3. The van der Waals surface area contributed by atoms with Crippen LogP contribution >= 0.6 is 0 Å². The first-order chi connectivity index (χ1) is 17.5. The maximum Gasteiger partial charge on any atom is 0.404 e. The third kappa shape index (κ3) is 34.3. The molecule has 0 spiro atoms. The van der Waals surface area contributed by atoms with E-state index in [0.717, 1.165) is 51.4 Å². The molecule has 0 fully saturated rings. The first kappa shape index (κ1) is 36.3. The van der Waals surface area contributed by atoms with Crippen molar-refractivity contribution >= 4 is 18.0 Å². The van der Waals surface area contributed by atoms with Crippen LogP contribution < -0.4 is 11.1 Å². The number of esters is 2. The van der Waals surface area contributed by atoms with Crippen molar-refractivity contribution in [3.8, 4) is 0 Å². The lowest BCUT2D eigenvalue weighted by Gasteiger charge is -2.05. The number of nitrogens with two attached hydrogens (primary N) is 1. The molecule has 214 valence electrons. The van der Waals surface area contributed by atoms with E-state index in [2.05, 4.69) is 19.2 Å². The smallest absolute Gasteiger partial charge is 0.404 e. The summed E-state index contributed by atoms with van der Waals surface area (Å²) in [5, 5.41) is 10.7. The van der Waals surface area contributed by atoms with Gasteiger partial charge >= 0.3 is 18.0 Å². The van der Waals surface area contributed by atoms with Crippen LogP contribution in [0.5, 0.6) is 0 Å². The van der Waals surface area contributed by atoms with Crippen molar-refractivity contribution < 1.29 is 29.0 Å². The molecule has 0 saturated carbocycles. The zero-order valence-corrected chi connectivity index (χ0v) is 23.3. The largest absolute Gasteiger partial charge is 0.466 e. The molecule has 0 aromatic carbocycles. The molecule has 0 saturated heterocycles. The van der Waals surface area contributed by atoms with E-state index in [4.69, 9.17) is 20.3 Å². The van der Waals surface area contributed by atoms with Gasteiger partial charge < -0.3 is 25.6 Å². The molecular weight excluding hydrogens is 460 g/mol. The number of hydrogen-bond acceptors (Lipinski definition) is 6. The number of ether oxygens (including phenoxy) is 2. The van der Waals surface area contributed by atoms with Gasteiger partial charge in [0.15, 0.2) is 0 Å². The van der Waals surface area contributed by atoms with Gasteiger partial charge in [0.1, 0.15) is 0 Å². The summed E-state index contributed by atoms with van der Waals surface area (Å²) in [6.45, 7) is 6.63. The third-order valence-electron chi connectivity index (χ3n) is 5.69. The predicted molar refractivity (Wildman–Crippen MR) is 146 cm³/mol. The highest BCUT2D eigenvalue weighted by molar-refractivity contribution is 5.69. The van der Waals surface area contributed by atoms with Crippen molar-refractivity contribution in [2.75, 3.05) is 26.3 Å². The molecule has 1 amide bonds. The second-order valence-corrected chi connectivity index (χ2v) is 9.26. The van der Waals surface area contributed by atoms with Crippen LogP contribution in [0, 0.1) is 0 Å². The van der Waals surface area contributed by atoms with Crippen LogP contribution in [0.3, 0.4) is 0 Å². The van der Waals surface area contributed by atoms with E-state index >= 15 is 0 Å². The molecule has 4 N–H and O–H groups in total. The van der Waals surface area contributed by atoms with Crippen molar-refractivity contribution in [2.24, 2.45) is 5.73 Å². The lowest BCUT2D eigenvalue weighted by atomic mass is 10.1. The first-order valence-corrected chi connectivity index (χ1v) is 14.5. The number of hydrogen-bond donors (Lipinski definition) is 3. The Hall–Kier alpha value is -1.83. The molecule has 0 aromatic heterocycles. The Labute approximate surface area is 220 Å². The molecule has 0 radical (unpaired) electrons. The Balaban J connectivity index is 0. The van der Waals surface area contributed by atoms with Crippen LogP contribution in [0.1, 0.15) is 136 Å². The Kier molecular flexibility index (Phi) is 31.5. The van der Waals surface area contributed by atoms with Gasteiger partial charge in [-0.15, -0.1) is 0 Å². The van der Waals surface area contributed by atoms with Gasteiger partial charge in [0.2, 0.25) is 0 Å². The van der Waals surface area contributed by atoms with Gasteiger partial charge in [0.25, 0.3) is 0 Å². The normalized spacial score (nSPS) is 10.3. The van der Waals surface area contributed by atoms with Gasteiger partial charge in [0, 0.05) is 19.4 Å². The molecule has 0 aliphatic heterocycles. The van der Waals surface area contributed by atoms with E-state index in [-0.39, 0.29) is 11.9 Å². The average Bonchev–Trinajstić information content (AvgIpc) is 2.85. The highest BCUT2D eigenvalue weighted by Crippen LogP contribution is 2.07.